The monoisotopic (exact) mass is 310 g/mol. The SMILES string of the molecule is N#CC1(NC(=O)c2c(F)cccc2Br)CCCC1. The average Bonchev–Trinajstić information content (AvgIpc) is 2.78. The molecule has 0 atom stereocenters. The van der Waals surface area contributed by atoms with Crippen LogP contribution in [0.1, 0.15) is 36.0 Å². The van der Waals surface area contributed by atoms with Crippen molar-refractivity contribution in [3.8, 4) is 6.07 Å². The number of hydrogen-bond donors (Lipinski definition) is 1. The lowest BCUT2D eigenvalue weighted by Gasteiger charge is -2.22. The van der Waals surface area contributed by atoms with E-state index in [-0.39, 0.29) is 5.56 Å². The fourth-order valence-corrected chi connectivity index (χ4v) is 2.76. The van der Waals surface area contributed by atoms with Crippen LogP contribution < -0.4 is 5.32 Å². The first kappa shape index (κ1) is 13.0. The van der Waals surface area contributed by atoms with Crippen LogP contribution in [0.5, 0.6) is 0 Å². The number of amides is 1. The molecule has 1 saturated carbocycles. The molecule has 0 unspecified atom stereocenters. The zero-order valence-corrected chi connectivity index (χ0v) is 11.3. The van der Waals surface area contributed by atoms with Crippen molar-refractivity contribution in [1.82, 2.24) is 5.32 Å². The van der Waals surface area contributed by atoms with Gasteiger partial charge in [0, 0.05) is 4.47 Å². The van der Waals surface area contributed by atoms with Crippen LogP contribution in [-0.4, -0.2) is 11.4 Å². The molecule has 0 aliphatic heterocycles. The van der Waals surface area contributed by atoms with Gasteiger partial charge in [-0.1, -0.05) is 6.07 Å². The van der Waals surface area contributed by atoms with Gasteiger partial charge in [-0.25, -0.2) is 4.39 Å². The van der Waals surface area contributed by atoms with E-state index >= 15 is 0 Å². The number of nitrogens with one attached hydrogen (secondary N) is 1. The first-order valence-electron chi connectivity index (χ1n) is 5.76. The second-order valence-corrected chi connectivity index (χ2v) is 5.31. The normalized spacial score (nSPS) is 17.2. The summed E-state index contributed by atoms with van der Waals surface area (Å²) in [5.74, 6) is -1.13. The number of nitriles is 1. The molecule has 0 saturated heterocycles. The number of hydrogen-bond acceptors (Lipinski definition) is 2. The van der Waals surface area contributed by atoms with Crippen LogP contribution in [0.4, 0.5) is 4.39 Å². The first-order chi connectivity index (χ1) is 8.58. The van der Waals surface area contributed by atoms with E-state index in [0.29, 0.717) is 17.3 Å². The van der Waals surface area contributed by atoms with Crippen LogP contribution in [0.3, 0.4) is 0 Å². The highest BCUT2D eigenvalue weighted by Crippen LogP contribution is 2.30. The maximum Gasteiger partial charge on any atom is 0.256 e. The van der Waals surface area contributed by atoms with Crippen molar-refractivity contribution in [2.75, 3.05) is 0 Å². The fraction of sp³-hybridized carbons (Fsp3) is 0.385. The van der Waals surface area contributed by atoms with Crippen molar-refractivity contribution in [3.05, 3.63) is 34.1 Å². The van der Waals surface area contributed by atoms with Gasteiger partial charge < -0.3 is 5.32 Å². The van der Waals surface area contributed by atoms with Crippen LogP contribution in [0.25, 0.3) is 0 Å². The van der Waals surface area contributed by atoms with Crippen molar-refractivity contribution in [3.63, 3.8) is 0 Å². The van der Waals surface area contributed by atoms with Crippen LogP contribution in [0.15, 0.2) is 22.7 Å². The molecule has 0 bridgehead atoms. The average molecular weight is 311 g/mol. The summed E-state index contributed by atoms with van der Waals surface area (Å²) in [6.45, 7) is 0. The minimum Gasteiger partial charge on any atom is -0.334 e. The van der Waals surface area contributed by atoms with Gasteiger partial charge in [0.1, 0.15) is 11.4 Å². The smallest absolute Gasteiger partial charge is 0.256 e. The Morgan fingerprint density at radius 3 is 2.67 bits per heavy atom. The number of halogens is 2. The fourth-order valence-electron chi connectivity index (χ4n) is 2.24. The minimum absolute atomic E-state index is 0.0426. The highest BCUT2D eigenvalue weighted by Gasteiger charge is 2.36. The van der Waals surface area contributed by atoms with Crippen LogP contribution in [0, 0.1) is 17.1 Å². The highest BCUT2D eigenvalue weighted by molar-refractivity contribution is 9.10. The highest BCUT2D eigenvalue weighted by atomic mass is 79.9. The molecule has 1 fully saturated rings. The number of benzene rings is 1. The van der Waals surface area contributed by atoms with E-state index in [1.807, 2.05) is 0 Å². The Morgan fingerprint density at radius 2 is 2.11 bits per heavy atom. The molecule has 1 aliphatic carbocycles. The van der Waals surface area contributed by atoms with Crippen LogP contribution in [0.2, 0.25) is 0 Å². The number of carbonyl (C=O) groups excluding carboxylic acids is 1. The van der Waals surface area contributed by atoms with Gasteiger partial charge in [0.05, 0.1) is 11.6 Å². The standard InChI is InChI=1S/C13H12BrFN2O/c14-9-4-3-5-10(15)11(9)12(18)17-13(8-16)6-1-2-7-13/h3-5H,1-2,6-7H2,(H,17,18). The molecule has 2 rings (SSSR count). The molecular formula is C13H12BrFN2O. The quantitative estimate of drug-likeness (QED) is 0.912. The van der Waals surface area contributed by atoms with E-state index in [4.69, 9.17) is 0 Å². The molecule has 0 heterocycles. The third kappa shape index (κ3) is 2.39. The first-order valence-corrected chi connectivity index (χ1v) is 6.55. The molecule has 1 amide bonds. The predicted molar refractivity (Wildman–Crippen MR) is 68.4 cm³/mol. The summed E-state index contributed by atoms with van der Waals surface area (Å²) in [5.41, 5.74) is -0.877. The topological polar surface area (TPSA) is 52.9 Å². The molecule has 94 valence electrons. The van der Waals surface area contributed by atoms with E-state index in [0.717, 1.165) is 12.8 Å². The second-order valence-electron chi connectivity index (χ2n) is 4.45. The molecule has 1 aliphatic rings. The summed E-state index contributed by atoms with van der Waals surface area (Å²) in [5, 5.41) is 11.9. The lowest BCUT2D eigenvalue weighted by molar-refractivity contribution is 0.0915. The minimum atomic E-state index is -0.835. The Labute approximate surface area is 113 Å². The Morgan fingerprint density at radius 1 is 1.44 bits per heavy atom. The lowest BCUT2D eigenvalue weighted by Crippen LogP contribution is -2.45. The summed E-state index contributed by atoms with van der Waals surface area (Å²) < 4.78 is 14.0. The van der Waals surface area contributed by atoms with E-state index in [9.17, 15) is 14.4 Å². The molecule has 5 heteroatoms. The van der Waals surface area contributed by atoms with Gasteiger partial charge in [0.2, 0.25) is 0 Å². The van der Waals surface area contributed by atoms with E-state index in [2.05, 4.69) is 27.3 Å². The maximum absolute atomic E-state index is 13.6. The number of rotatable bonds is 2. The third-order valence-corrected chi connectivity index (χ3v) is 3.87. The molecule has 1 N–H and O–H groups in total. The van der Waals surface area contributed by atoms with Crippen LogP contribution in [-0.2, 0) is 0 Å². The van der Waals surface area contributed by atoms with Gasteiger partial charge in [-0.05, 0) is 53.7 Å². The van der Waals surface area contributed by atoms with Crippen molar-refractivity contribution in [1.29, 1.82) is 5.26 Å². The summed E-state index contributed by atoms with van der Waals surface area (Å²) in [4.78, 5) is 12.1. The Bertz CT molecular complexity index is 498. The van der Waals surface area contributed by atoms with Crippen molar-refractivity contribution >= 4 is 21.8 Å². The van der Waals surface area contributed by atoms with Gasteiger partial charge in [-0.2, -0.15) is 5.26 Å². The van der Waals surface area contributed by atoms with Gasteiger partial charge in [0.15, 0.2) is 0 Å². The zero-order valence-electron chi connectivity index (χ0n) is 9.67. The van der Waals surface area contributed by atoms with Crippen molar-refractivity contribution in [2.45, 2.75) is 31.2 Å². The molecular weight excluding hydrogens is 299 g/mol. The van der Waals surface area contributed by atoms with Gasteiger partial charge in [-0.3, -0.25) is 4.79 Å². The Kier molecular flexibility index (Phi) is 3.67. The van der Waals surface area contributed by atoms with Gasteiger partial charge in [-0.15, -0.1) is 0 Å². The van der Waals surface area contributed by atoms with Crippen LogP contribution >= 0.6 is 15.9 Å². The molecule has 18 heavy (non-hydrogen) atoms. The van der Waals surface area contributed by atoms with Crippen molar-refractivity contribution < 1.29 is 9.18 Å². The summed E-state index contributed by atoms with van der Waals surface area (Å²) in [6.07, 6.45) is 3.07. The third-order valence-electron chi connectivity index (χ3n) is 3.21. The molecule has 3 nitrogen and oxygen atoms in total. The maximum atomic E-state index is 13.6. The molecule has 1 aromatic carbocycles. The van der Waals surface area contributed by atoms with Crippen molar-refractivity contribution in [2.24, 2.45) is 0 Å². The Hall–Kier alpha value is -1.41. The summed E-state index contributed by atoms with van der Waals surface area (Å²) in [7, 11) is 0. The van der Waals surface area contributed by atoms with Gasteiger partial charge in [0.25, 0.3) is 5.91 Å². The number of carbonyl (C=O) groups is 1. The predicted octanol–water partition coefficient (Wildman–Crippen LogP) is 3.15. The number of nitrogens with zero attached hydrogens (tertiary/aromatic N) is 1. The zero-order chi connectivity index (χ0) is 13.2. The largest absolute Gasteiger partial charge is 0.334 e. The molecule has 0 spiro atoms. The summed E-state index contributed by atoms with van der Waals surface area (Å²) in [6, 6.07) is 6.50. The summed E-state index contributed by atoms with van der Waals surface area (Å²) >= 11 is 3.15. The molecule has 0 aromatic heterocycles. The van der Waals surface area contributed by atoms with E-state index in [1.54, 1.807) is 6.07 Å². The van der Waals surface area contributed by atoms with E-state index < -0.39 is 17.3 Å². The second kappa shape index (κ2) is 5.07. The molecule has 0 radical (unpaired) electrons. The Balaban J connectivity index is 2.25. The lowest BCUT2D eigenvalue weighted by atomic mass is 9.99. The van der Waals surface area contributed by atoms with E-state index in [1.165, 1.54) is 12.1 Å². The van der Waals surface area contributed by atoms with Gasteiger partial charge >= 0.3 is 0 Å². The molecule has 1 aromatic rings.